The first-order valence-electron chi connectivity index (χ1n) is 10.2. The maximum atomic E-state index is 5.78. The zero-order valence-corrected chi connectivity index (χ0v) is 18.8. The van der Waals surface area contributed by atoms with Gasteiger partial charge in [-0.05, 0) is 50.6 Å². The van der Waals surface area contributed by atoms with E-state index in [1.165, 1.54) is 0 Å². The Hall–Kier alpha value is -1.79. The lowest BCUT2D eigenvalue weighted by atomic mass is 9.89. The van der Waals surface area contributed by atoms with E-state index in [4.69, 9.17) is 9.47 Å². The SMILES string of the molecule is CCNC(=NCc1ccc(OCCCN(C)C)cc1)NCC(OC)C(C)(C)C. The maximum Gasteiger partial charge on any atom is 0.191 e. The third-order valence-corrected chi connectivity index (χ3v) is 4.41. The Labute approximate surface area is 171 Å². The van der Waals surface area contributed by atoms with Crippen LogP contribution in [0.5, 0.6) is 5.75 Å². The molecular formula is C22H40N4O2. The van der Waals surface area contributed by atoms with Gasteiger partial charge >= 0.3 is 0 Å². The molecular weight excluding hydrogens is 352 g/mol. The molecule has 6 heteroatoms. The van der Waals surface area contributed by atoms with Crippen LogP contribution in [0.2, 0.25) is 0 Å². The number of ether oxygens (including phenoxy) is 2. The summed E-state index contributed by atoms with van der Waals surface area (Å²) >= 11 is 0. The molecule has 0 spiro atoms. The van der Waals surface area contributed by atoms with Crippen LogP contribution in [0.3, 0.4) is 0 Å². The molecule has 0 amide bonds. The standard InChI is InChI=1S/C22H40N4O2/c1-8-23-21(25-17-20(27-7)22(2,3)4)24-16-18-10-12-19(13-11-18)28-15-9-14-26(5)6/h10-13,20H,8-9,14-17H2,1-7H3,(H2,23,24,25). The maximum absolute atomic E-state index is 5.78. The molecule has 160 valence electrons. The summed E-state index contributed by atoms with van der Waals surface area (Å²) < 4.78 is 11.4. The number of benzene rings is 1. The van der Waals surface area contributed by atoms with Crippen LogP contribution in [0.25, 0.3) is 0 Å². The fraction of sp³-hybridized carbons (Fsp3) is 0.682. The molecule has 28 heavy (non-hydrogen) atoms. The van der Waals surface area contributed by atoms with Gasteiger partial charge in [-0.25, -0.2) is 4.99 Å². The van der Waals surface area contributed by atoms with Gasteiger partial charge in [0.1, 0.15) is 5.75 Å². The smallest absolute Gasteiger partial charge is 0.191 e. The van der Waals surface area contributed by atoms with E-state index < -0.39 is 0 Å². The molecule has 0 aromatic heterocycles. The molecule has 2 N–H and O–H groups in total. The van der Waals surface area contributed by atoms with Crippen molar-refractivity contribution in [3.8, 4) is 5.75 Å². The highest BCUT2D eigenvalue weighted by Gasteiger charge is 2.24. The first kappa shape index (κ1) is 24.2. The number of hydrogen-bond donors (Lipinski definition) is 2. The van der Waals surface area contributed by atoms with Crippen molar-refractivity contribution in [3.63, 3.8) is 0 Å². The zero-order chi connectivity index (χ0) is 21.0. The number of guanidine groups is 1. The molecule has 0 fully saturated rings. The monoisotopic (exact) mass is 392 g/mol. The van der Waals surface area contributed by atoms with E-state index in [0.717, 1.165) is 43.4 Å². The Morgan fingerprint density at radius 2 is 1.82 bits per heavy atom. The van der Waals surface area contributed by atoms with Gasteiger partial charge in [0, 0.05) is 26.7 Å². The van der Waals surface area contributed by atoms with Gasteiger partial charge in [0.05, 0.1) is 19.3 Å². The van der Waals surface area contributed by atoms with Crippen LogP contribution in [0, 0.1) is 5.41 Å². The Balaban J connectivity index is 2.55. The van der Waals surface area contributed by atoms with E-state index in [0.29, 0.717) is 13.1 Å². The lowest BCUT2D eigenvalue weighted by molar-refractivity contribution is 0.0205. The van der Waals surface area contributed by atoms with E-state index in [-0.39, 0.29) is 11.5 Å². The molecule has 0 heterocycles. The zero-order valence-electron chi connectivity index (χ0n) is 18.8. The van der Waals surface area contributed by atoms with Crippen molar-refractivity contribution in [1.29, 1.82) is 0 Å². The largest absolute Gasteiger partial charge is 0.494 e. The van der Waals surface area contributed by atoms with Crippen molar-refractivity contribution in [1.82, 2.24) is 15.5 Å². The minimum absolute atomic E-state index is 0.0709. The Morgan fingerprint density at radius 1 is 1.14 bits per heavy atom. The van der Waals surface area contributed by atoms with Crippen LogP contribution in [-0.2, 0) is 11.3 Å². The molecule has 0 radical (unpaired) electrons. The summed E-state index contributed by atoms with van der Waals surface area (Å²) in [6.07, 6.45) is 1.13. The number of hydrogen-bond acceptors (Lipinski definition) is 4. The Bertz CT molecular complexity index is 565. The third kappa shape index (κ3) is 9.95. The number of nitrogens with zero attached hydrogens (tertiary/aromatic N) is 2. The van der Waals surface area contributed by atoms with Crippen LogP contribution >= 0.6 is 0 Å². The molecule has 1 aromatic rings. The van der Waals surface area contributed by atoms with E-state index in [1.54, 1.807) is 7.11 Å². The predicted octanol–water partition coefficient (Wildman–Crippen LogP) is 3.13. The van der Waals surface area contributed by atoms with Crippen molar-refractivity contribution >= 4 is 5.96 Å². The van der Waals surface area contributed by atoms with Gasteiger partial charge in [-0.2, -0.15) is 0 Å². The van der Waals surface area contributed by atoms with E-state index in [9.17, 15) is 0 Å². The molecule has 1 atom stereocenters. The van der Waals surface area contributed by atoms with E-state index in [2.05, 4.69) is 74.4 Å². The second-order valence-corrected chi connectivity index (χ2v) is 8.32. The van der Waals surface area contributed by atoms with Crippen molar-refractivity contribution in [2.24, 2.45) is 10.4 Å². The molecule has 1 rings (SSSR count). The number of aliphatic imine (C=N–C) groups is 1. The van der Waals surface area contributed by atoms with Crippen LogP contribution in [0.4, 0.5) is 0 Å². The number of methoxy groups -OCH3 is 1. The summed E-state index contributed by atoms with van der Waals surface area (Å²) in [7, 11) is 5.90. The second kappa shape index (κ2) is 12.6. The molecule has 6 nitrogen and oxygen atoms in total. The van der Waals surface area contributed by atoms with E-state index in [1.807, 2.05) is 12.1 Å². The fourth-order valence-corrected chi connectivity index (χ4v) is 2.71. The predicted molar refractivity (Wildman–Crippen MR) is 118 cm³/mol. The van der Waals surface area contributed by atoms with E-state index >= 15 is 0 Å². The summed E-state index contributed by atoms with van der Waals surface area (Å²) in [6.45, 7) is 12.5. The van der Waals surface area contributed by atoms with Gasteiger partial charge in [0.15, 0.2) is 5.96 Å². The van der Waals surface area contributed by atoms with Gasteiger partial charge in [-0.1, -0.05) is 32.9 Å². The molecule has 0 saturated carbocycles. The van der Waals surface area contributed by atoms with Crippen LogP contribution < -0.4 is 15.4 Å². The number of nitrogens with one attached hydrogen (secondary N) is 2. The normalized spacial score (nSPS) is 13.5. The highest BCUT2D eigenvalue weighted by atomic mass is 16.5. The first-order chi connectivity index (χ1) is 13.3. The van der Waals surface area contributed by atoms with Crippen molar-refractivity contribution < 1.29 is 9.47 Å². The highest BCUT2D eigenvalue weighted by Crippen LogP contribution is 2.21. The topological polar surface area (TPSA) is 58.1 Å². The molecule has 0 aliphatic rings. The first-order valence-corrected chi connectivity index (χ1v) is 10.2. The van der Waals surface area contributed by atoms with Gasteiger partial charge in [0.25, 0.3) is 0 Å². The second-order valence-electron chi connectivity index (χ2n) is 8.32. The van der Waals surface area contributed by atoms with Crippen LogP contribution in [0.15, 0.2) is 29.3 Å². The van der Waals surface area contributed by atoms with Crippen molar-refractivity contribution in [2.45, 2.75) is 46.8 Å². The van der Waals surface area contributed by atoms with Crippen LogP contribution in [-0.4, -0.2) is 64.4 Å². The Kier molecular flexibility index (Phi) is 10.9. The summed E-state index contributed by atoms with van der Waals surface area (Å²) in [6, 6.07) is 8.17. The average Bonchev–Trinajstić information content (AvgIpc) is 2.63. The fourth-order valence-electron chi connectivity index (χ4n) is 2.71. The molecule has 0 bridgehead atoms. The molecule has 0 saturated heterocycles. The average molecular weight is 393 g/mol. The minimum Gasteiger partial charge on any atom is -0.494 e. The summed E-state index contributed by atoms with van der Waals surface area (Å²) in [4.78, 5) is 6.85. The van der Waals surface area contributed by atoms with Crippen LogP contribution in [0.1, 0.15) is 39.7 Å². The molecule has 0 aliphatic carbocycles. The van der Waals surface area contributed by atoms with Crippen molar-refractivity contribution in [2.75, 3.05) is 47.4 Å². The lowest BCUT2D eigenvalue weighted by Crippen LogP contribution is -2.45. The lowest BCUT2D eigenvalue weighted by Gasteiger charge is -2.30. The third-order valence-electron chi connectivity index (χ3n) is 4.41. The summed E-state index contributed by atoms with van der Waals surface area (Å²) in [5, 5.41) is 6.68. The van der Waals surface area contributed by atoms with Gasteiger partial charge in [-0.3, -0.25) is 0 Å². The van der Waals surface area contributed by atoms with Gasteiger partial charge in [-0.15, -0.1) is 0 Å². The van der Waals surface area contributed by atoms with Crippen molar-refractivity contribution in [3.05, 3.63) is 29.8 Å². The molecule has 1 aromatic carbocycles. The summed E-state index contributed by atoms with van der Waals surface area (Å²) in [5.41, 5.74) is 1.22. The molecule has 1 unspecified atom stereocenters. The Morgan fingerprint density at radius 3 is 2.36 bits per heavy atom. The quantitative estimate of drug-likeness (QED) is 0.344. The summed E-state index contributed by atoms with van der Waals surface area (Å²) in [5.74, 6) is 1.71. The minimum atomic E-state index is 0.0709. The van der Waals surface area contributed by atoms with Gasteiger partial charge in [0.2, 0.25) is 0 Å². The molecule has 0 aliphatic heterocycles. The number of rotatable bonds is 11. The van der Waals surface area contributed by atoms with Gasteiger partial charge < -0.3 is 25.0 Å². The highest BCUT2D eigenvalue weighted by molar-refractivity contribution is 5.79.